The van der Waals surface area contributed by atoms with Gasteiger partial charge in [-0.15, -0.1) is 0 Å². The number of carbonyl (C=O) groups is 2. The first-order valence-electron chi connectivity index (χ1n) is 11.9. The highest BCUT2D eigenvalue weighted by Crippen LogP contribution is 2.27. The molecule has 1 aromatic heterocycles. The van der Waals surface area contributed by atoms with Crippen molar-refractivity contribution in [2.75, 3.05) is 30.3 Å². The number of benzene rings is 2. The Morgan fingerprint density at radius 2 is 1.64 bits per heavy atom. The minimum atomic E-state index is -0.326. The van der Waals surface area contributed by atoms with Crippen LogP contribution in [0.4, 0.5) is 15.9 Å². The monoisotopic (exact) mass is 489 g/mol. The molecule has 7 nitrogen and oxygen atoms in total. The number of hydrogen-bond acceptors (Lipinski definition) is 4. The normalized spacial score (nSPS) is 10.8. The van der Waals surface area contributed by atoms with Crippen molar-refractivity contribution in [1.82, 2.24) is 9.47 Å². The topological polar surface area (TPSA) is 90.2 Å². The molecule has 0 saturated carbocycles. The van der Waals surface area contributed by atoms with Gasteiger partial charge in [-0.2, -0.15) is 5.26 Å². The molecule has 3 rings (SSSR count). The summed E-state index contributed by atoms with van der Waals surface area (Å²) in [6.07, 6.45) is 0.771. The summed E-state index contributed by atoms with van der Waals surface area (Å²) in [4.78, 5) is 27.5. The first kappa shape index (κ1) is 26.6. The average Bonchev–Trinajstić information content (AvgIpc) is 3.05. The number of anilines is 2. The first-order valence-corrected chi connectivity index (χ1v) is 11.9. The number of carbonyl (C=O) groups excluding carboxylic acids is 2. The lowest BCUT2D eigenvalue weighted by Gasteiger charge is -2.21. The third-order valence-electron chi connectivity index (χ3n) is 6.15. The highest BCUT2D eigenvalue weighted by molar-refractivity contribution is 5.95. The highest BCUT2D eigenvalue weighted by Gasteiger charge is 2.21. The second-order valence-corrected chi connectivity index (χ2v) is 8.88. The van der Waals surface area contributed by atoms with Gasteiger partial charge < -0.3 is 15.2 Å². The van der Waals surface area contributed by atoms with E-state index in [1.165, 1.54) is 12.1 Å². The number of rotatable bonds is 10. The lowest BCUT2D eigenvalue weighted by molar-refractivity contribution is -0.120. The van der Waals surface area contributed by atoms with Crippen LogP contribution >= 0.6 is 0 Å². The van der Waals surface area contributed by atoms with E-state index in [9.17, 15) is 19.2 Å². The zero-order valence-electron chi connectivity index (χ0n) is 21.2. The first-order chi connectivity index (χ1) is 17.2. The maximum Gasteiger partial charge on any atom is 0.239 e. The van der Waals surface area contributed by atoms with Crippen molar-refractivity contribution in [2.45, 2.75) is 40.7 Å². The van der Waals surface area contributed by atoms with Gasteiger partial charge in [-0.25, -0.2) is 4.39 Å². The average molecular weight is 490 g/mol. The lowest BCUT2D eigenvalue weighted by atomic mass is 10.2. The number of nitriles is 1. The molecule has 0 radical (unpaired) electrons. The molecule has 1 heterocycles. The minimum Gasteiger partial charge on any atom is -0.326 e. The van der Waals surface area contributed by atoms with Gasteiger partial charge in [0, 0.05) is 17.9 Å². The number of nitrogens with one attached hydrogen (secondary N) is 2. The predicted molar refractivity (Wildman–Crippen MR) is 139 cm³/mol. The molecule has 0 fully saturated rings. The van der Waals surface area contributed by atoms with Crippen molar-refractivity contribution >= 4 is 23.3 Å². The van der Waals surface area contributed by atoms with Crippen LogP contribution in [0.5, 0.6) is 0 Å². The van der Waals surface area contributed by atoms with Gasteiger partial charge in [-0.3, -0.25) is 14.5 Å². The van der Waals surface area contributed by atoms with E-state index < -0.39 is 0 Å². The fourth-order valence-electron chi connectivity index (χ4n) is 4.11. The molecule has 0 atom stereocenters. The molecule has 3 aromatic rings. The van der Waals surface area contributed by atoms with Crippen LogP contribution in [0.2, 0.25) is 0 Å². The Morgan fingerprint density at radius 3 is 2.25 bits per heavy atom. The lowest BCUT2D eigenvalue weighted by Crippen LogP contribution is -2.39. The Bertz CT molecular complexity index is 1270. The maximum absolute atomic E-state index is 13.4. The molecule has 0 aliphatic rings. The molecule has 0 aliphatic carbocycles. The van der Waals surface area contributed by atoms with Crippen molar-refractivity contribution < 1.29 is 14.0 Å². The van der Waals surface area contributed by atoms with Gasteiger partial charge in [-0.1, -0.05) is 37.3 Å². The summed E-state index contributed by atoms with van der Waals surface area (Å²) in [6, 6.07) is 15.8. The standard InChI is InChI=1S/C28H32FN5O2/c1-5-14-33(17-26(35)31-25-9-7-6-8-19(25)2)18-27(36)32-28-24(15-30)20(3)21(4)34(28)16-22-10-12-23(29)13-11-22/h6-13H,5,14,16-18H2,1-4H3,(H,31,35)(H,32,36). The zero-order chi connectivity index (χ0) is 26.2. The number of amides is 2. The van der Waals surface area contributed by atoms with E-state index in [-0.39, 0.29) is 30.7 Å². The predicted octanol–water partition coefficient (Wildman–Crippen LogP) is 4.76. The van der Waals surface area contributed by atoms with Crippen LogP contribution in [0.3, 0.4) is 0 Å². The van der Waals surface area contributed by atoms with Crippen LogP contribution in [0.15, 0.2) is 48.5 Å². The molecule has 0 unspecified atom stereocenters. The molecule has 2 N–H and O–H groups in total. The molecule has 8 heteroatoms. The number of hydrogen-bond donors (Lipinski definition) is 2. The van der Waals surface area contributed by atoms with Crippen molar-refractivity contribution in [3.63, 3.8) is 0 Å². The minimum absolute atomic E-state index is 0.000274. The Labute approximate surface area is 211 Å². The molecular formula is C28H32FN5O2. The molecule has 2 aromatic carbocycles. The summed E-state index contributed by atoms with van der Waals surface area (Å²) >= 11 is 0. The Kier molecular flexibility index (Phi) is 8.98. The molecule has 2 amide bonds. The number of halogens is 1. The largest absolute Gasteiger partial charge is 0.326 e. The molecule has 0 spiro atoms. The summed E-state index contributed by atoms with van der Waals surface area (Å²) in [5.41, 5.74) is 4.55. The van der Waals surface area contributed by atoms with E-state index in [1.807, 2.05) is 56.5 Å². The number of aromatic nitrogens is 1. The summed E-state index contributed by atoms with van der Waals surface area (Å²) in [5, 5.41) is 15.6. The van der Waals surface area contributed by atoms with Crippen LogP contribution in [0, 0.1) is 37.9 Å². The second kappa shape index (κ2) is 12.1. The molecule has 0 aliphatic heterocycles. The van der Waals surface area contributed by atoms with E-state index in [2.05, 4.69) is 16.7 Å². The van der Waals surface area contributed by atoms with E-state index in [0.717, 1.165) is 34.5 Å². The molecule has 0 saturated heterocycles. The number of aryl methyl sites for hydroxylation is 1. The molecule has 36 heavy (non-hydrogen) atoms. The van der Waals surface area contributed by atoms with Crippen molar-refractivity contribution in [3.05, 3.63) is 82.3 Å². The summed E-state index contributed by atoms with van der Waals surface area (Å²) in [7, 11) is 0. The van der Waals surface area contributed by atoms with Gasteiger partial charge in [0.15, 0.2) is 0 Å². The van der Waals surface area contributed by atoms with Crippen LogP contribution in [0.1, 0.15) is 41.3 Å². The van der Waals surface area contributed by atoms with E-state index in [4.69, 9.17) is 0 Å². The van der Waals surface area contributed by atoms with E-state index in [0.29, 0.717) is 24.5 Å². The van der Waals surface area contributed by atoms with Gasteiger partial charge in [-0.05, 0) is 68.6 Å². The maximum atomic E-state index is 13.4. The smallest absolute Gasteiger partial charge is 0.239 e. The van der Waals surface area contributed by atoms with Crippen LogP contribution < -0.4 is 10.6 Å². The summed E-state index contributed by atoms with van der Waals surface area (Å²) < 4.78 is 15.2. The summed E-state index contributed by atoms with van der Waals surface area (Å²) in [6.45, 7) is 8.63. The molecule has 188 valence electrons. The second-order valence-electron chi connectivity index (χ2n) is 8.88. The SMILES string of the molecule is CCCN(CC(=O)Nc1ccccc1C)CC(=O)Nc1c(C#N)c(C)c(C)n1Cc1ccc(F)cc1. The van der Waals surface area contributed by atoms with Crippen molar-refractivity contribution in [1.29, 1.82) is 5.26 Å². The van der Waals surface area contributed by atoms with E-state index >= 15 is 0 Å². The van der Waals surface area contributed by atoms with Gasteiger partial charge >= 0.3 is 0 Å². The van der Waals surface area contributed by atoms with Gasteiger partial charge in [0.1, 0.15) is 17.7 Å². The van der Waals surface area contributed by atoms with Crippen LogP contribution in [0.25, 0.3) is 0 Å². The van der Waals surface area contributed by atoms with Crippen molar-refractivity contribution in [2.24, 2.45) is 0 Å². The van der Waals surface area contributed by atoms with Crippen LogP contribution in [-0.2, 0) is 16.1 Å². The highest BCUT2D eigenvalue weighted by atomic mass is 19.1. The fraction of sp³-hybridized carbons (Fsp3) is 0.321. The van der Waals surface area contributed by atoms with Crippen LogP contribution in [-0.4, -0.2) is 40.9 Å². The molecular weight excluding hydrogens is 457 g/mol. The molecule has 0 bridgehead atoms. The quantitative estimate of drug-likeness (QED) is 0.430. The zero-order valence-corrected chi connectivity index (χ0v) is 21.2. The van der Waals surface area contributed by atoms with E-state index in [1.54, 1.807) is 17.0 Å². The van der Waals surface area contributed by atoms with Crippen molar-refractivity contribution in [3.8, 4) is 6.07 Å². The Balaban J connectivity index is 1.75. The number of nitrogens with zero attached hydrogens (tertiary/aromatic N) is 3. The Hall–Kier alpha value is -3.96. The summed E-state index contributed by atoms with van der Waals surface area (Å²) in [5.74, 6) is -0.438. The number of para-hydroxylation sites is 1. The van der Waals surface area contributed by atoms with Gasteiger partial charge in [0.05, 0.1) is 18.7 Å². The van der Waals surface area contributed by atoms with Gasteiger partial charge in [0.25, 0.3) is 0 Å². The van der Waals surface area contributed by atoms with Gasteiger partial charge in [0.2, 0.25) is 11.8 Å². The third-order valence-corrected chi connectivity index (χ3v) is 6.15. The third kappa shape index (κ3) is 6.58. The Morgan fingerprint density at radius 1 is 1.00 bits per heavy atom. The fourth-order valence-corrected chi connectivity index (χ4v) is 4.11.